The van der Waals surface area contributed by atoms with E-state index in [1.165, 1.54) is 5.56 Å². The van der Waals surface area contributed by atoms with Crippen molar-refractivity contribution in [3.8, 4) is 5.75 Å². The number of halogens is 1. The van der Waals surface area contributed by atoms with Crippen LogP contribution >= 0.6 is 0 Å². The summed E-state index contributed by atoms with van der Waals surface area (Å²) in [5.74, 6) is -0.114. The van der Waals surface area contributed by atoms with Gasteiger partial charge in [0.15, 0.2) is 11.6 Å². The van der Waals surface area contributed by atoms with Crippen LogP contribution in [0.3, 0.4) is 0 Å². The standard InChI is InChI=1S/C17H18FO/c18-16-12-6-7-13-17(16)19-14-8-2-5-11-15-9-3-1-4-10-15/h1,3-4,6-7,9-10,13H,2,5,8,11,14H2. The fourth-order valence-electron chi connectivity index (χ4n) is 1.95. The predicted molar refractivity (Wildman–Crippen MR) is 74.7 cm³/mol. The lowest BCUT2D eigenvalue weighted by Gasteiger charge is -2.06. The minimum Gasteiger partial charge on any atom is -0.490 e. The van der Waals surface area contributed by atoms with Crippen molar-refractivity contribution in [1.82, 2.24) is 0 Å². The van der Waals surface area contributed by atoms with Crippen molar-refractivity contribution in [3.63, 3.8) is 0 Å². The number of aryl methyl sites for hydroxylation is 1. The molecule has 2 aromatic carbocycles. The van der Waals surface area contributed by atoms with Crippen LogP contribution in [-0.2, 0) is 6.42 Å². The van der Waals surface area contributed by atoms with Gasteiger partial charge in [0.1, 0.15) is 0 Å². The largest absolute Gasteiger partial charge is 0.490 e. The van der Waals surface area contributed by atoms with Gasteiger partial charge >= 0.3 is 0 Å². The van der Waals surface area contributed by atoms with E-state index in [0.29, 0.717) is 12.4 Å². The Hall–Kier alpha value is -1.83. The summed E-state index contributed by atoms with van der Waals surface area (Å²) in [6.45, 7) is 0.559. The highest BCUT2D eigenvalue weighted by Crippen LogP contribution is 2.15. The van der Waals surface area contributed by atoms with E-state index in [4.69, 9.17) is 4.74 Å². The molecule has 0 unspecified atom stereocenters. The topological polar surface area (TPSA) is 9.23 Å². The van der Waals surface area contributed by atoms with Crippen LogP contribution < -0.4 is 4.74 Å². The van der Waals surface area contributed by atoms with Gasteiger partial charge in [0, 0.05) is 6.07 Å². The predicted octanol–water partition coefficient (Wildman–Crippen LogP) is 4.42. The molecule has 99 valence electrons. The summed E-state index contributed by atoms with van der Waals surface area (Å²) in [6, 6.07) is 17.8. The van der Waals surface area contributed by atoms with Crippen LogP contribution in [0, 0.1) is 11.9 Å². The molecule has 1 nitrogen and oxygen atoms in total. The Labute approximate surface area is 114 Å². The van der Waals surface area contributed by atoms with Gasteiger partial charge in [-0.25, -0.2) is 4.39 Å². The van der Waals surface area contributed by atoms with Gasteiger partial charge in [-0.1, -0.05) is 42.5 Å². The summed E-state index contributed by atoms with van der Waals surface area (Å²) in [7, 11) is 0. The number of ether oxygens (including phenoxy) is 1. The molecule has 0 bridgehead atoms. The lowest BCUT2D eigenvalue weighted by atomic mass is 10.1. The second-order valence-corrected chi connectivity index (χ2v) is 4.49. The highest BCUT2D eigenvalue weighted by molar-refractivity contribution is 5.22. The lowest BCUT2D eigenvalue weighted by Crippen LogP contribution is -1.99. The van der Waals surface area contributed by atoms with Crippen molar-refractivity contribution in [2.75, 3.05) is 6.61 Å². The first-order valence-corrected chi connectivity index (χ1v) is 6.69. The van der Waals surface area contributed by atoms with E-state index in [9.17, 15) is 4.39 Å². The highest BCUT2D eigenvalue weighted by Gasteiger charge is 2.01. The van der Waals surface area contributed by atoms with Crippen molar-refractivity contribution < 1.29 is 9.13 Å². The fourth-order valence-corrected chi connectivity index (χ4v) is 1.95. The maximum absolute atomic E-state index is 13.2. The summed E-state index contributed by atoms with van der Waals surface area (Å²) in [6.07, 6.45) is 4.26. The smallest absolute Gasteiger partial charge is 0.172 e. The van der Waals surface area contributed by atoms with Crippen molar-refractivity contribution >= 4 is 0 Å². The van der Waals surface area contributed by atoms with Gasteiger partial charge in [-0.05, 0) is 37.3 Å². The van der Waals surface area contributed by atoms with E-state index < -0.39 is 5.82 Å². The molecule has 0 aromatic heterocycles. The van der Waals surface area contributed by atoms with Gasteiger partial charge in [0.2, 0.25) is 0 Å². The molecule has 0 atom stereocenters. The van der Waals surface area contributed by atoms with E-state index in [0.717, 1.165) is 25.7 Å². The Morgan fingerprint density at radius 3 is 2.58 bits per heavy atom. The monoisotopic (exact) mass is 257 g/mol. The molecule has 19 heavy (non-hydrogen) atoms. The summed E-state index contributed by atoms with van der Waals surface area (Å²) in [5.41, 5.74) is 1.37. The number of benzene rings is 2. The normalized spacial score (nSPS) is 10.4. The van der Waals surface area contributed by atoms with E-state index >= 15 is 0 Å². The summed E-state index contributed by atoms with van der Waals surface area (Å²) < 4.78 is 18.6. The summed E-state index contributed by atoms with van der Waals surface area (Å²) >= 11 is 0. The van der Waals surface area contributed by atoms with Crippen LogP contribution in [0.4, 0.5) is 4.39 Å². The average Bonchev–Trinajstić information content (AvgIpc) is 2.45. The molecule has 0 saturated heterocycles. The zero-order chi connectivity index (χ0) is 13.3. The molecule has 2 heteroatoms. The van der Waals surface area contributed by atoms with Crippen LogP contribution in [0.1, 0.15) is 24.8 Å². The fraction of sp³-hybridized carbons (Fsp3) is 0.294. The van der Waals surface area contributed by atoms with Crippen LogP contribution in [-0.4, -0.2) is 6.61 Å². The first-order valence-electron chi connectivity index (χ1n) is 6.69. The summed E-state index contributed by atoms with van der Waals surface area (Å²) in [4.78, 5) is 0. The zero-order valence-electron chi connectivity index (χ0n) is 10.9. The number of hydrogen-bond acceptors (Lipinski definition) is 1. The molecule has 0 aliphatic carbocycles. The van der Waals surface area contributed by atoms with E-state index in [1.54, 1.807) is 18.2 Å². The molecule has 1 radical (unpaired) electrons. The van der Waals surface area contributed by atoms with Gasteiger partial charge in [-0.2, -0.15) is 0 Å². The van der Waals surface area contributed by atoms with Gasteiger partial charge in [0.05, 0.1) is 6.61 Å². The van der Waals surface area contributed by atoms with Crippen LogP contribution in [0.25, 0.3) is 0 Å². The van der Waals surface area contributed by atoms with Crippen molar-refractivity contribution in [2.45, 2.75) is 25.7 Å². The van der Waals surface area contributed by atoms with E-state index in [-0.39, 0.29) is 0 Å². The number of unbranched alkanes of at least 4 members (excludes halogenated alkanes) is 2. The SMILES string of the molecule is Fc1[c]cccc1OCCCCCc1ccccc1. The molecule has 0 heterocycles. The van der Waals surface area contributed by atoms with Crippen LogP contribution in [0.5, 0.6) is 5.75 Å². The molecular weight excluding hydrogens is 239 g/mol. The van der Waals surface area contributed by atoms with E-state index in [2.05, 4.69) is 30.3 Å². The number of rotatable bonds is 7. The van der Waals surface area contributed by atoms with Gasteiger partial charge in [0.25, 0.3) is 0 Å². The molecule has 0 amide bonds. The van der Waals surface area contributed by atoms with Gasteiger partial charge in [-0.15, -0.1) is 0 Å². The Morgan fingerprint density at radius 2 is 1.79 bits per heavy atom. The molecular formula is C17H18FO. The first-order chi connectivity index (χ1) is 9.36. The maximum atomic E-state index is 13.2. The average molecular weight is 257 g/mol. The third-order valence-electron chi connectivity index (χ3n) is 2.98. The quantitative estimate of drug-likeness (QED) is 0.667. The molecule has 0 N–H and O–H groups in total. The zero-order valence-corrected chi connectivity index (χ0v) is 10.9. The molecule has 0 fully saturated rings. The Balaban J connectivity index is 1.59. The molecule has 0 spiro atoms. The van der Waals surface area contributed by atoms with Gasteiger partial charge < -0.3 is 4.74 Å². The van der Waals surface area contributed by atoms with Crippen molar-refractivity contribution in [3.05, 3.63) is 66.0 Å². The third-order valence-corrected chi connectivity index (χ3v) is 2.98. The minimum atomic E-state index is -0.410. The Morgan fingerprint density at radius 1 is 0.947 bits per heavy atom. The van der Waals surface area contributed by atoms with Crippen LogP contribution in [0.2, 0.25) is 0 Å². The van der Waals surface area contributed by atoms with Crippen molar-refractivity contribution in [2.24, 2.45) is 0 Å². The highest BCUT2D eigenvalue weighted by atomic mass is 19.1. The molecule has 0 saturated carbocycles. The molecule has 0 aliphatic rings. The second-order valence-electron chi connectivity index (χ2n) is 4.49. The molecule has 2 aromatic rings. The third kappa shape index (κ3) is 4.74. The van der Waals surface area contributed by atoms with Crippen LogP contribution in [0.15, 0.2) is 48.5 Å². The Bertz CT molecular complexity index is 482. The summed E-state index contributed by atoms with van der Waals surface area (Å²) in [5, 5.41) is 0. The van der Waals surface area contributed by atoms with Crippen molar-refractivity contribution in [1.29, 1.82) is 0 Å². The molecule has 0 aliphatic heterocycles. The first kappa shape index (κ1) is 13.6. The lowest BCUT2D eigenvalue weighted by molar-refractivity contribution is 0.290. The van der Waals surface area contributed by atoms with E-state index in [1.807, 2.05) is 6.07 Å². The molecule has 2 rings (SSSR count). The Kier molecular flexibility index (Phi) is 5.42. The second kappa shape index (κ2) is 7.57. The van der Waals surface area contributed by atoms with Gasteiger partial charge in [-0.3, -0.25) is 0 Å². The maximum Gasteiger partial charge on any atom is 0.172 e. The minimum absolute atomic E-state index is 0.297. The number of hydrogen-bond donors (Lipinski definition) is 0.